The summed E-state index contributed by atoms with van der Waals surface area (Å²) in [7, 11) is 0. The highest BCUT2D eigenvalue weighted by Crippen LogP contribution is 2.21. The summed E-state index contributed by atoms with van der Waals surface area (Å²) >= 11 is 3.39. The van der Waals surface area contributed by atoms with Crippen molar-refractivity contribution in [3.05, 3.63) is 69.2 Å². The lowest BCUT2D eigenvalue weighted by Gasteiger charge is -2.09. The largest absolute Gasteiger partial charge is 0.325 e. The van der Waals surface area contributed by atoms with Crippen LogP contribution in [0.15, 0.2) is 58.1 Å². The van der Waals surface area contributed by atoms with Crippen molar-refractivity contribution >= 4 is 38.4 Å². The molecular weight excluding hydrogens is 370 g/mol. The van der Waals surface area contributed by atoms with E-state index >= 15 is 0 Å². The summed E-state index contributed by atoms with van der Waals surface area (Å²) in [5.41, 5.74) is 2.25. The number of halogens is 1. The number of nitrogens with one attached hydrogen (secondary N) is 1. The van der Waals surface area contributed by atoms with Gasteiger partial charge in [-0.05, 0) is 46.6 Å². The molecule has 0 fully saturated rings. The van der Waals surface area contributed by atoms with Gasteiger partial charge in [-0.2, -0.15) is 0 Å². The van der Waals surface area contributed by atoms with Crippen LogP contribution in [0.2, 0.25) is 0 Å². The van der Waals surface area contributed by atoms with E-state index in [1.165, 1.54) is 10.9 Å². The molecule has 0 bridgehead atoms. The van der Waals surface area contributed by atoms with E-state index in [4.69, 9.17) is 0 Å². The van der Waals surface area contributed by atoms with Crippen LogP contribution in [0.25, 0.3) is 10.9 Å². The smallest absolute Gasteiger partial charge is 0.261 e. The van der Waals surface area contributed by atoms with Crippen molar-refractivity contribution in [1.82, 2.24) is 9.55 Å². The van der Waals surface area contributed by atoms with Gasteiger partial charge in [0, 0.05) is 17.4 Å². The van der Waals surface area contributed by atoms with E-state index in [9.17, 15) is 9.59 Å². The third kappa shape index (κ3) is 3.38. The number of anilines is 1. The van der Waals surface area contributed by atoms with Crippen LogP contribution in [0.3, 0.4) is 0 Å². The maximum absolute atomic E-state index is 12.5. The Morgan fingerprint density at radius 2 is 2.00 bits per heavy atom. The molecule has 5 nitrogen and oxygen atoms in total. The Bertz CT molecular complexity index is 966. The highest BCUT2D eigenvalue weighted by molar-refractivity contribution is 9.10. The van der Waals surface area contributed by atoms with Crippen LogP contribution in [0.5, 0.6) is 0 Å². The molecule has 0 aliphatic heterocycles. The van der Waals surface area contributed by atoms with Crippen LogP contribution in [-0.4, -0.2) is 15.5 Å². The number of amides is 1. The molecule has 0 aliphatic rings. The molecule has 3 aromatic rings. The van der Waals surface area contributed by atoms with E-state index in [1.807, 2.05) is 43.3 Å². The molecule has 3 rings (SSSR count). The van der Waals surface area contributed by atoms with E-state index in [1.54, 1.807) is 6.07 Å². The summed E-state index contributed by atoms with van der Waals surface area (Å²) in [5, 5.41) is 3.40. The molecule has 6 heteroatoms. The second-order valence-corrected chi connectivity index (χ2v) is 6.35. The zero-order valence-electron chi connectivity index (χ0n) is 13.1. The Kier molecular flexibility index (Phi) is 4.76. The lowest BCUT2D eigenvalue weighted by atomic mass is 10.1. The third-order valence-corrected chi connectivity index (χ3v) is 4.47. The van der Waals surface area contributed by atoms with E-state index in [2.05, 4.69) is 26.2 Å². The fourth-order valence-electron chi connectivity index (χ4n) is 2.49. The average molecular weight is 386 g/mol. The number of para-hydroxylation sites is 2. The van der Waals surface area contributed by atoms with E-state index in [0.29, 0.717) is 16.6 Å². The van der Waals surface area contributed by atoms with Gasteiger partial charge in [-0.15, -0.1) is 0 Å². The molecule has 0 spiro atoms. The lowest BCUT2D eigenvalue weighted by Crippen LogP contribution is -2.24. The summed E-state index contributed by atoms with van der Waals surface area (Å²) in [4.78, 5) is 28.9. The second kappa shape index (κ2) is 6.97. The number of fused-ring (bicyclic) bond motifs is 1. The summed E-state index contributed by atoms with van der Waals surface area (Å²) in [6.07, 6.45) is 1.70. The molecule has 0 aliphatic carbocycles. The number of benzene rings is 2. The molecule has 1 N–H and O–H groups in total. The topological polar surface area (TPSA) is 64.0 Å². The highest BCUT2D eigenvalue weighted by atomic mass is 79.9. The third-order valence-electron chi connectivity index (χ3n) is 3.78. The summed E-state index contributed by atoms with van der Waals surface area (Å²) < 4.78 is 2.29. The number of nitrogens with zero attached hydrogens (tertiary/aromatic N) is 2. The summed E-state index contributed by atoms with van der Waals surface area (Å²) in [6.45, 7) is 2.20. The number of hydrogen-bond acceptors (Lipinski definition) is 3. The van der Waals surface area contributed by atoms with Gasteiger partial charge in [0.1, 0.15) is 0 Å². The molecule has 0 radical (unpaired) electrons. The maximum Gasteiger partial charge on any atom is 0.261 e. The summed E-state index contributed by atoms with van der Waals surface area (Å²) in [5.74, 6) is -0.155. The molecule has 122 valence electrons. The van der Waals surface area contributed by atoms with Crippen molar-refractivity contribution < 1.29 is 4.79 Å². The quantitative estimate of drug-likeness (QED) is 0.747. The standard InChI is InChI=1S/C18H16BrN3O2/c1-12-5-4-6-13-17(12)20-11-22(18(13)24)10-9-16(23)21-15-8-3-2-7-14(15)19/h2-8,11H,9-10H2,1H3,(H,21,23). The first kappa shape index (κ1) is 16.4. The molecule has 0 unspecified atom stereocenters. The van der Waals surface area contributed by atoms with Gasteiger partial charge in [0.05, 0.1) is 22.9 Å². The lowest BCUT2D eigenvalue weighted by molar-refractivity contribution is -0.116. The average Bonchev–Trinajstić information content (AvgIpc) is 2.57. The minimum absolute atomic E-state index is 0.127. The Morgan fingerprint density at radius 1 is 1.21 bits per heavy atom. The molecule has 0 saturated heterocycles. The second-order valence-electron chi connectivity index (χ2n) is 5.49. The van der Waals surface area contributed by atoms with Gasteiger partial charge in [-0.25, -0.2) is 4.98 Å². The first-order valence-electron chi connectivity index (χ1n) is 7.55. The Labute approximate surface area is 147 Å². The van der Waals surface area contributed by atoms with Gasteiger partial charge in [0.15, 0.2) is 0 Å². The SMILES string of the molecule is Cc1cccc2c(=O)n(CCC(=O)Nc3ccccc3Br)cnc12. The monoisotopic (exact) mass is 385 g/mol. The number of aromatic nitrogens is 2. The first-order chi connectivity index (χ1) is 11.6. The van der Waals surface area contributed by atoms with E-state index in [0.717, 1.165) is 10.0 Å². The van der Waals surface area contributed by atoms with Crippen LogP contribution in [0.1, 0.15) is 12.0 Å². The minimum atomic E-state index is -0.155. The van der Waals surface area contributed by atoms with Crippen molar-refractivity contribution in [3.8, 4) is 0 Å². The van der Waals surface area contributed by atoms with Crippen molar-refractivity contribution in [1.29, 1.82) is 0 Å². The van der Waals surface area contributed by atoms with Crippen LogP contribution < -0.4 is 10.9 Å². The highest BCUT2D eigenvalue weighted by Gasteiger charge is 2.09. The van der Waals surface area contributed by atoms with Crippen LogP contribution in [0, 0.1) is 6.92 Å². The van der Waals surface area contributed by atoms with Gasteiger partial charge in [-0.3, -0.25) is 14.2 Å². The van der Waals surface area contributed by atoms with Crippen molar-refractivity contribution in [2.24, 2.45) is 0 Å². The number of hydrogen-bond donors (Lipinski definition) is 1. The molecule has 1 aromatic heterocycles. The van der Waals surface area contributed by atoms with Gasteiger partial charge in [0.2, 0.25) is 5.91 Å². The van der Waals surface area contributed by atoms with E-state index < -0.39 is 0 Å². The normalized spacial score (nSPS) is 10.8. The number of aryl methyl sites for hydroxylation is 2. The fraction of sp³-hybridized carbons (Fsp3) is 0.167. The van der Waals surface area contributed by atoms with E-state index in [-0.39, 0.29) is 24.4 Å². The summed E-state index contributed by atoms with van der Waals surface area (Å²) in [6, 6.07) is 12.9. The molecule has 2 aromatic carbocycles. The molecule has 0 saturated carbocycles. The number of rotatable bonds is 4. The van der Waals surface area contributed by atoms with Crippen LogP contribution >= 0.6 is 15.9 Å². The maximum atomic E-state index is 12.5. The molecule has 0 atom stereocenters. The molecule has 24 heavy (non-hydrogen) atoms. The first-order valence-corrected chi connectivity index (χ1v) is 8.34. The molecule has 1 amide bonds. The van der Waals surface area contributed by atoms with Crippen molar-refractivity contribution in [3.63, 3.8) is 0 Å². The zero-order chi connectivity index (χ0) is 17.1. The predicted molar refractivity (Wildman–Crippen MR) is 98.1 cm³/mol. The van der Waals surface area contributed by atoms with Crippen LogP contribution in [0.4, 0.5) is 5.69 Å². The fourth-order valence-corrected chi connectivity index (χ4v) is 2.88. The van der Waals surface area contributed by atoms with Crippen molar-refractivity contribution in [2.45, 2.75) is 19.9 Å². The number of carbonyl (C=O) groups is 1. The molecule has 1 heterocycles. The Balaban J connectivity index is 1.74. The van der Waals surface area contributed by atoms with Crippen LogP contribution in [-0.2, 0) is 11.3 Å². The zero-order valence-corrected chi connectivity index (χ0v) is 14.7. The van der Waals surface area contributed by atoms with Gasteiger partial charge in [-0.1, -0.05) is 24.3 Å². The van der Waals surface area contributed by atoms with Gasteiger partial charge < -0.3 is 5.32 Å². The molecular formula is C18H16BrN3O2. The minimum Gasteiger partial charge on any atom is -0.325 e. The van der Waals surface area contributed by atoms with Gasteiger partial charge in [0.25, 0.3) is 5.56 Å². The Morgan fingerprint density at radius 3 is 2.79 bits per heavy atom. The van der Waals surface area contributed by atoms with Crippen molar-refractivity contribution in [2.75, 3.05) is 5.32 Å². The number of carbonyl (C=O) groups excluding carboxylic acids is 1. The Hall–Kier alpha value is -2.47. The van der Waals surface area contributed by atoms with Gasteiger partial charge >= 0.3 is 0 Å². The predicted octanol–water partition coefficient (Wildman–Crippen LogP) is 3.50.